The van der Waals surface area contributed by atoms with Crippen LogP contribution < -0.4 is 10.6 Å². The first-order valence-corrected chi connectivity index (χ1v) is 6.14. The Labute approximate surface area is 113 Å². The van der Waals surface area contributed by atoms with E-state index < -0.39 is 39.8 Å². The second kappa shape index (κ2) is 5.91. The first-order valence-electron chi connectivity index (χ1n) is 6.14. The molecule has 0 saturated carbocycles. The molecule has 1 heterocycles. The molecule has 0 spiro atoms. The minimum absolute atomic E-state index is 0.411. The second-order valence-corrected chi connectivity index (χ2v) is 4.55. The molecule has 2 rings (SSSR count). The standard InChI is InChI=1S/C12H13F2N3O3/c13-8-3-4-9(17(19)20)11(10(8)14)16-12(18)7-2-1-5-15-6-7/h3-4,7,15H,1-2,5-6H2,(H,16,18)/t7-/m1/s1. The maximum Gasteiger partial charge on any atom is 0.296 e. The number of halogens is 2. The lowest BCUT2D eigenvalue weighted by Crippen LogP contribution is -2.37. The van der Waals surface area contributed by atoms with Crippen LogP contribution >= 0.6 is 0 Å². The zero-order chi connectivity index (χ0) is 14.7. The average molecular weight is 285 g/mol. The summed E-state index contributed by atoms with van der Waals surface area (Å²) in [6, 6.07) is 1.48. The fraction of sp³-hybridized carbons (Fsp3) is 0.417. The van der Waals surface area contributed by atoms with E-state index in [0.29, 0.717) is 19.0 Å². The van der Waals surface area contributed by atoms with Crippen LogP contribution in [0.5, 0.6) is 0 Å². The van der Waals surface area contributed by atoms with Gasteiger partial charge < -0.3 is 10.6 Å². The Hall–Kier alpha value is -2.09. The average Bonchev–Trinajstić information content (AvgIpc) is 2.44. The van der Waals surface area contributed by atoms with Gasteiger partial charge >= 0.3 is 0 Å². The van der Waals surface area contributed by atoms with Crippen LogP contribution in [-0.2, 0) is 4.79 Å². The molecule has 8 heteroatoms. The summed E-state index contributed by atoms with van der Waals surface area (Å²) < 4.78 is 26.8. The van der Waals surface area contributed by atoms with Crippen LogP contribution in [0, 0.1) is 27.7 Å². The fourth-order valence-electron chi connectivity index (χ4n) is 2.11. The number of amides is 1. The maximum atomic E-state index is 13.6. The number of nitrogens with zero attached hydrogens (tertiary/aromatic N) is 1. The number of carbonyl (C=O) groups excluding carboxylic acids is 1. The van der Waals surface area contributed by atoms with Crippen LogP contribution in [0.1, 0.15) is 12.8 Å². The van der Waals surface area contributed by atoms with Gasteiger partial charge in [0, 0.05) is 12.6 Å². The SMILES string of the molecule is O=C(Nc1c([N+](=O)[O-])ccc(F)c1F)[C@@H]1CCCNC1. The first-order chi connectivity index (χ1) is 9.50. The monoisotopic (exact) mass is 285 g/mol. The van der Waals surface area contributed by atoms with Crippen LogP contribution in [0.15, 0.2) is 12.1 Å². The van der Waals surface area contributed by atoms with Crippen LogP contribution in [0.2, 0.25) is 0 Å². The summed E-state index contributed by atoms with van der Waals surface area (Å²) in [4.78, 5) is 21.9. The molecule has 0 radical (unpaired) electrons. The predicted octanol–water partition coefficient (Wildman–Crippen LogP) is 1.81. The molecular weight excluding hydrogens is 272 g/mol. The van der Waals surface area contributed by atoms with Gasteiger partial charge in [-0.3, -0.25) is 14.9 Å². The highest BCUT2D eigenvalue weighted by Gasteiger charge is 2.27. The van der Waals surface area contributed by atoms with Crippen LogP contribution in [0.25, 0.3) is 0 Å². The van der Waals surface area contributed by atoms with Crippen molar-refractivity contribution in [2.45, 2.75) is 12.8 Å². The summed E-state index contributed by atoms with van der Waals surface area (Å²) in [6.45, 7) is 1.20. The molecule has 20 heavy (non-hydrogen) atoms. The molecule has 2 N–H and O–H groups in total. The van der Waals surface area contributed by atoms with Crippen molar-refractivity contribution in [2.75, 3.05) is 18.4 Å². The van der Waals surface area contributed by atoms with Crippen LogP contribution in [0.3, 0.4) is 0 Å². The Kier molecular flexibility index (Phi) is 4.23. The highest BCUT2D eigenvalue weighted by atomic mass is 19.2. The number of piperidine rings is 1. The number of hydrogen-bond acceptors (Lipinski definition) is 4. The normalized spacial score (nSPS) is 18.6. The van der Waals surface area contributed by atoms with Gasteiger partial charge in [0.15, 0.2) is 17.3 Å². The van der Waals surface area contributed by atoms with Gasteiger partial charge in [-0.25, -0.2) is 8.78 Å². The summed E-state index contributed by atoms with van der Waals surface area (Å²) in [5, 5.41) is 15.9. The molecule has 0 unspecified atom stereocenters. The maximum absolute atomic E-state index is 13.6. The highest BCUT2D eigenvalue weighted by molar-refractivity contribution is 5.95. The number of hydrogen-bond donors (Lipinski definition) is 2. The number of carbonyl (C=O) groups is 1. The third-order valence-electron chi connectivity index (χ3n) is 3.19. The van der Waals surface area contributed by atoms with Crippen molar-refractivity contribution in [1.29, 1.82) is 0 Å². The molecule has 1 saturated heterocycles. The quantitative estimate of drug-likeness (QED) is 0.655. The van der Waals surface area contributed by atoms with Crippen LogP contribution in [-0.4, -0.2) is 23.9 Å². The minimum atomic E-state index is -1.42. The Morgan fingerprint density at radius 3 is 2.80 bits per heavy atom. The third kappa shape index (κ3) is 2.90. The van der Waals surface area contributed by atoms with E-state index in [9.17, 15) is 23.7 Å². The van der Waals surface area contributed by atoms with Crippen molar-refractivity contribution in [3.63, 3.8) is 0 Å². The molecule has 0 aliphatic carbocycles. The predicted molar refractivity (Wildman–Crippen MR) is 67.2 cm³/mol. The van der Waals surface area contributed by atoms with E-state index in [1.165, 1.54) is 0 Å². The van der Waals surface area contributed by atoms with E-state index in [-0.39, 0.29) is 0 Å². The Morgan fingerprint density at radius 1 is 1.45 bits per heavy atom. The van der Waals surface area contributed by atoms with Crippen molar-refractivity contribution >= 4 is 17.3 Å². The van der Waals surface area contributed by atoms with Crippen molar-refractivity contribution in [3.05, 3.63) is 33.9 Å². The first kappa shape index (κ1) is 14.3. The molecule has 1 aromatic rings. The number of nitro groups is 1. The molecule has 6 nitrogen and oxygen atoms in total. The van der Waals surface area contributed by atoms with E-state index >= 15 is 0 Å². The Balaban J connectivity index is 2.25. The van der Waals surface area contributed by atoms with E-state index in [4.69, 9.17) is 0 Å². The molecule has 1 fully saturated rings. The molecule has 1 atom stereocenters. The molecule has 0 aromatic heterocycles. The van der Waals surface area contributed by atoms with Crippen molar-refractivity contribution < 1.29 is 18.5 Å². The molecule has 1 aliphatic rings. The summed E-state index contributed by atoms with van der Waals surface area (Å²) in [7, 11) is 0. The Bertz CT molecular complexity index is 545. The van der Waals surface area contributed by atoms with Gasteiger partial charge in [0.05, 0.1) is 10.8 Å². The second-order valence-electron chi connectivity index (χ2n) is 4.55. The topological polar surface area (TPSA) is 84.3 Å². The molecule has 1 amide bonds. The largest absolute Gasteiger partial charge is 0.318 e. The van der Waals surface area contributed by atoms with Gasteiger partial charge in [-0.1, -0.05) is 0 Å². The lowest BCUT2D eigenvalue weighted by atomic mass is 9.98. The van der Waals surface area contributed by atoms with E-state index in [1.54, 1.807) is 0 Å². The van der Waals surface area contributed by atoms with Crippen LogP contribution in [0.4, 0.5) is 20.2 Å². The van der Waals surface area contributed by atoms with E-state index in [0.717, 1.165) is 19.0 Å². The number of rotatable bonds is 3. The lowest BCUT2D eigenvalue weighted by molar-refractivity contribution is -0.384. The summed E-state index contributed by atoms with van der Waals surface area (Å²) in [6.07, 6.45) is 1.38. The smallest absolute Gasteiger partial charge is 0.296 e. The van der Waals surface area contributed by atoms with Gasteiger partial charge in [-0.05, 0) is 25.5 Å². The van der Waals surface area contributed by atoms with Gasteiger partial charge in [0.25, 0.3) is 5.69 Å². The molecule has 1 aromatic carbocycles. The van der Waals surface area contributed by atoms with Gasteiger partial charge in [-0.2, -0.15) is 0 Å². The Morgan fingerprint density at radius 2 is 2.20 bits per heavy atom. The lowest BCUT2D eigenvalue weighted by Gasteiger charge is -2.21. The zero-order valence-corrected chi connectivity index (χ0v) is 10.5. The van der Waals surface area contributed by atoms with Gasteiger partial charge in [0.1, 0.15) is 0 Å². The zero-order valence-electron chi connectivity index (χ0n) is 10.5. The summed E-state index contributed by atoms with van der Waals surface area (Å²) in [5.41, 5.74) is -1.38. The number of nitrogens with one attached hydrogen (secondary N) is 2. The molecule has 1 aliphatic heterocycles. The van der Waals surface area contributed by atoms with Gasteiger partial charge in [0.2, 0.25) is 5.91 Å². The summed E-state index contributed by atoms with van der Waals surface area (Å²) in [5.74, 6) is -3.63. The van der Waals surface area contributed by atoms with Crippen molar-refractivity contribution in [2.24, 2.45) is 5.92 Å². The number of benzene rings is 1. The highest BCUT2D eigenvalue weighted by Crippen LogP contribution is 2.29. The number of anilines is 1. The van der Waals surface area contributed by atoms with E-state index in [1.807, 2.05) is 0 Å². The molecule has 108 valence electrons. The van der Waals surface area contributed by atoms with E-state index in [2.05, 4.69) is 10.6 Å². The molecular formula is C12H13F2N3O3. The van der Waals surface area contributed by atoms with Crippen molar-refractivity contribution in [3.8, 4) is 0 Å². The summed E-state index contributed by atoms with van der Waals surface area (Å²) >= 11 is 0. The van der Waals surface area contributed by atoms with Gasteiger partial charge in [-0.15, -0.1) is 0 Å². The fourth-order valence-corrected chi connectivity index (χ4v) is 2.11. The number of nitro benzene ring substituents is 1. The minimum Gasteiger partial charge on any atom is -0.318 e. The third-order valence-corrected chi connectivity index (χ3v) is 3.19. The molecule has 0 bridgehead atoms. The van der Waals surface area contributed by atoms with Crippen molar-refractivity contribution in [1.82, 2.24) is 5.32 Å².